The van der Waals surface area contributed by atoms with Gasteiger partial charge in [0.25, 0.3) is 5.91 Å². The van der Waals surface area contributed by atoms with Gasteiger partial charge in [-0.25, -0.2) is 8.42 Å². The number of thioether (sulfide) groups is 1. The Balaban J connectivity index is 2.12. The number of nitrogens with one attached hydrogen (secondary N) is 1. The lowest BCUT2D eigenvalue weighted by Gasteiger charge is -2.26. The van der Waals surface area contributed by atoms with Crippen molar-refractivity contribution in [2.75, 3.05) is 36.4 Å². The van der Waals surface area contributed by atoms with Gasteiger partial charge in [-0.2, -0.15) is 0 Å². The SMILES string of the molecule is COc1cc(C(=O)Nc2cccc(SC)c2)c(N(Cc2ccc(Cl)cc2)S(C)(=O)=O)cc1OC. The highest BCUT2D eigenvalue weighted by Crippen LogP contribution is 2.37. The van der Waals surface area contributed by atoms with Crippen LogP contribution in [0.4, 0.5) is 11.4 Å². The standard InChI is InChI=1S/C24H25ClN2O5S2/c1-31-22-13-20(24(28)26-18-6-5-7-19(12-18)33-3)21(14-23(22)32-2)27(34(4,29)30)15-16-8-10-17(25)11-9-16/h5-14H,15H2,1-4H3,(H,26,28). The Morgan fingerprint density at radius 3 is 2.26 bits per heavy atom. The van der Waals surface area contributed by atoms with Crippen molar-refractivity contribution in [3.63, 3.8) is 0 Å². The summed E-state index contributed by atoms with van der Waals surface area (Å²) in [6.07, 6.45) is 3.03. The van der Waals surface area contributed by atoms with Crippen molar-refractivity contribution in [1.29, 1.82) is 0 Å². The van der Waals surface area contributed by atoms with E-state index in [-0.39, 0.29) is 17.8 Å². The van der Waals surface area contributed by atoms with Crippen LogP contribution in [0.15, 0.2) is 65.6 Å². The number of anilines is 2. The van der Waals surface area contributed by atoms with E-state index in [1.54, 1.807) is 42.1 Å². The molecule has 0 heterocycles. The van der Waals surface area contributed by atoms with E-state index >= 15 is 0 Å². The van der Waals surface area contributed by atoms with Crippen LogP contribution in [0.1, 0.15) is 15.9 Å². The number of methoxy groups -OCH3 is 2. The number of ether oxygens (including phenoxy) is 2. The van der Waals surface area contributed by atoms with Crippen molar-refractivity contribution in [2.45, 2.75) is 11.4 Å². The van der Waals surface area contributed by atoms with Gasteiger partial charge in [-0.15, -0.1) is 11.8 Å². The first-order valence-electron chi connectivity index (χ1n) is 10.1. The Kier molecular flexibility index (Phi) is 8.35. The van der Waals surface area contributed by atoms with Crippen molar-refractivity contribution in [3.8, 4) is 11.5 Å². The highest BCUT2D eigenvalue weighted by atomic mass is 35.5. The fourth-order valence-corrected chi connectivity index (χ4v) is 4.77. The fraction of sp³-hybridized carbons (Fsp3) is 0.208. The molecule has 3 rings (SSSR count). The van der Waals surface area contributed by atoms with E-state index in [0.717, 1.165) is 15.5 Å². The summed E-state index contributed by atoms with van der Waals surface area (Å²) < 4.78 is 37.7. The minimum Gasteiger partial charge on any atom is -0.493 e. The number of carbonyl (C=O) groups excluding carboxylic acids is 1. The van der Waals surface area contributed by atoms with Gasteiger partial charge < -0.3 is 14.8 Å². The average Bonchev–Trinajstić information content (AvgIpc) is 2.82. The number of sulfonamides is 1. The summed E-state index contributed by atoms with van der Waals surface area (Å²) in [6, 6.07) is 17.1. The lowest BCUT2D eigenvalue weighted by Crippen LogP contribution is -2.31. The molecule has 0 saturated carbocycles. The molecule has 0 aliphatic rings. The molecular formula is C24H25ClN2O5S2. The Labute approximate surface area is 209 Å². The summed E-state index contributed by atoms with van der Waals surface area (Å²) in [5.74, 6) is 0.108. The second-order valence-electron chi connectivity index (χ2n) is 7.31. The van der Waals surface area contributed by atoms with E-state index in [2.05, 4.69) is 5.32 Å². The van der Waals surface area contributed by atoms with Gasteiger partial charge in [0.2, 0.25) is 10.0 Å². The lowest BCUT2D eigenvalue weighted by molar-refractivity contribution is 0.102. The monoisotopic (exact) mass is 520 g/mol. The maximum atomic E-state index is 13.4. The van der Waals surface area contributed by atoms with Crippen LogP contribution < -0.4 is 19.1 Å². The number of carbonyl (C=O) groups is 1. The zero-order chi connectivity index (χ0) is 24.9. The van der Waals surface area contributed by atoms with Gasteiger partial charge in [0.05, 0.1) is 38.3 Å². The Bertz CT molecular complexity index is 1280. The molecule has 0 radical (unpaired) electrons. The van der Waals surface area contributed by atoms with E-state index in [4.69, 9.17) is 21.1 Å². The molecule has 1 amide bonds. The topological polar surface area (TPSA) is 84.9 Å². The number of hydrogen-bond acceptors (Lipinski definition) is 6. The molecule has 0 atom stereocenters. The first-order chi connectivity index (χ1) is 16.2. The van der Waals surface area contributed by atoms with Crippen LogP contribution in [0, 0.1) is 0 Å². The molecule has 0 aliphatic heterocycles. The molecule has 7 nitrogen and oxygen atoms in total. The summed E-state index contributed by atoms with van der Waals surface area (Å²) >= 11 is 7.52. The molecule has 0 unspecified atom stereocenters. The van der Waals surface area contributed by atoms with Crippen molar-refractivity contribution in [3.05, 3.63) is 76.8 Å². The lowest BCUT2D eigenvalue weighted by atomic mass is 10.1. The predicted octanol–water partition coefficient (Wildman–Crippen LogP) is 5.30. The molecule has 3 aromatic carbocycles. The van der Waals surface area contributed by atoms with Crippen LogP contribution in [-0.4, -0.2) is 41.1 Å². The largest absolute Gasteiger partial charge is 0.493 e. The molecule has 3 aromatic rings. The predicted molar refractivity (Wildman–Crippen MR) is 138 cm³/mol. The third kappa shape index (κ3) is 6.16. The van der Waals surface area contributed by atoms with Gasteiger partial charge in [-0.1, -0.05) is 29.8 Å². The number of rotatable bonds is 9. The molecule has 1 N–H and O–H groups in total. The van der Waals surface area contributed by atoms with Crippen LogP contribution in [0.25, 0.3) is 0 Å². The molecular weight excluding hydrogens is 496 g/mol. The quantitative estimate of drug-likeness (QED) is 0.385. The van der Waals surface area contributed by atoms with Gasteiger partial charge in [0.1, 0.15) is 0 Å². The van der Waals surface area contributed by atoms with Crippen LogP contribution in [0.5, 0.6) is 11.5 Å². The van der Waals surface area contributed by atoms with Crippen LogP contribution in [0.3, 0.4) is 0 Å². The van der Waals surface area contributed by atoms with Gasteiger partial charge >= 0.3 is 0 Å². The smallest absolute Gasteiger partial charge is 0.257 e. The van der Waals surface area contributed by atoms with Gasteiger partial charge in [-0.3, -0.25) is 9.10 Å². The van der Waals surface area contributed by atoms with Crippen LogP contribution >= 0.6 is 23.4 Å². The molecule has 0 aromatic heterocycles. The maximum absolute atomic E-state index is 13.4. The van der Waals surface area contributed by atoms with Gasteiger partial charge in [0, 0.05) is 21.7 Å². The third-order valence-electron chi connectivity index (χ3n) is 4.98. The molecule has 0 spiro atoms. The van der Waals surface area contributed by atoms with E-state index in [0.29, 0.717) is 27.8 Å². The van der Waals surface area contributed by atoms with Gasteiger partial charge in [-0.05, 0) is 48.2 Å². The first kappa shape index (κ1) is 25.7. The van der Waals surface area contributed by atoms with E-state index in [1.807, 2.05) is 24.5 Å². The molecule has 10 heteroatoms. The second-order valence-corrected chi connectivity index (χ2v) is 10.5. The van der Waals surface area contributed by atoms with Crippen molar-refractivity contribution in [1.82, 2.24) is 0 Å². The van der Waals surface area contributed by atoms with Crippen molar-refractivity contribution >= 4 is 50.7 Å². The number of halogens is 1. The number of amides is 1. The van der Waals surface area contributed by atoms with E-state index in [9.17, 15) is 13.2 Å². The molecule has 0 fully saturated rings. The summed E-state index contributed by atoms with van der Waals surface area (Å²) in [5.41, 5.74) is 1.56. The minimum absolute atomic E-state index is 0.00623. The van der Waals surface area contributed by atoms with Crippen LogP contribution in [-0.2, 0) is 16.6 Å². The van der Waals surface area contributed by atoms with E-state index in [1.165, 1.54) is 26.4 Å². The highest BCUT2D eigenvalue weighted by molar-refractivity contribution is 7.98. The summed E-state index contributed by atoms with van der Waals surface area (Å²) in [5, 5.41) is 3.39. The Hall–Kier alpha value is -2.88. The molecule has 34 heavy (non-hydrogen) atoms. The maximum Gasteiger partial charge on any atom is 0.257 e. The molecule has 0 aliphatic carbocycles. The number of hydrogen-bond donors (Lipinski definition) is 1. The normalized spacial score (nSPS) is 11.1. The Morgan fingerprint density at radius 2 is 1.68 bits per heavy atom. The number of nitrogens with zero attached hydrogens (tertiary/aromatic N) is 1. The zero-order valence-electron chi connectivity index (χ0n) is 19.2. The first-order valence-corrected chi connectivity index (χ1v) is 13.5. The zero-order valence-corrected chi connectivity index (χ0v) is 21.6. The average molecular weight is 521 g/mol. The third-order valence-corrected chi connectivity index (χ3v) is 7.09. The molecule has 0 bridgehead atoms. The summed E-state index contributed by atoms with van der Waals surface area (Å²) in [7, 11) is -0.898. The second kappa shape index (κ2) is 11.0. The summed E-state index contributed by atoms with van der Waals surface area (Å²) in [4.78, 5) is 14.4. The van der Waals surface area contributed by atoms with Crippen molar-refractivity contribution in [2.24, 2.45) is 0 Å². The highest BCUT2D eigenvalue weighted by Gasteiger charge is 2.26. The van der Waals surface area contributed by atoms with Crippen LogP contribution in [0.2, 0.25) is 5.02 Å². The summed E-state index contributed by atoms with van der Waals surface area (Å²) in [6.45, 7) is -0.00623. The molecule has 0 saturated heterocycles. The Morgan fingerprint density at radius 1 is 1.03 bits per heavy atom. The number of benzene rings is 3. The fourth-order valence-electron chi connectivity index (χ4n) is 3.29. The van der Waals surface area contributed by atoms with Gasteiger partial charge in [0.15, 0.2) is 11.5 Å². The minimum atomic E-state index is -3.79. The molecule has 180 valence electrons. The van der Waals surface area contributed by atoms with Crippen molar-refractivity contribution < 1.29 is 22.7 Å². The van der Waals surface area contributed by atoms with E-state index < -0.39 is 15.9 Å².